The topological polar surface area (TPSA) is 81.1 Å². The van der Waals surface area contributed by atoms with Crippen molar-refractivity contribution in [2.75, 3.05) is 0 Å². The third kappa shape index (κ3) is 2.06. The molecule has 5 aromatic rings. The smallest absolute Gasteiger partial charge is 0.175 e. The average molecular weight is 328 g/mol. The molecule has 0 atom stereocenters. The fourth-order valence-electron chi connectivity index (χ4n) is 2.89. The average Bonchev–Trinajstić information content (AvgIpc) is 3.27. The number of aromatic nitrogens is 6. The van der Waals surface area contributed by atoms with Gasteiger partial charge < -0.3 is 5.11 Å². The Morgan fingerprint density at radius 2 is 1.64 bits per heavy atom. The van der Waals surface area contributed by atoms with Crippen LogP contribution in [0.3, 0.4) is 0 Å². The van der Waals surface area contributed by atoms with Crippen molar-refractivity contribution < 1.29 is 5.11 Å². The predicted molar refractivity (Wildman–Crippen MR) is 92.5 cm³/mol. The van der Waals surface area contributed by atoms with Gasteiger partial charge in [-0.1, -0.05) is 18.2 Å². The van der Waals surface area contributed by atoms with E-state index in [1.54, 1.807) is 41.5 Å². The molecule has 0 saturated carbocycles. The van der Waals surface area contributed by atoms with Crippen LogP contribution in [-0.2, 0) is 0 Å². The SMILES string of the molecule is Oc1ccc(-c2nnc3c4cnn(-c5ccccc5)c4ncn23)cc1. The number of phenolic OH excluding ortho intramolecular Hbond substituents is 1. The molecule has 1 N–H and O–H groups in total. The molecule has 7 heteroatoms. The van der Waals surface area contributed by atoms with Crippen LogP contribution >= 0.6 is 0 Å². The monoisotopic (exact) mass is 328 g/mol. The number of fused-ring (bicyclic) bond motifs is 3. The first kappa shape index (κ1) is 13.7. The molecular formula is C18H12N6O. The van der Waals surface area contributed by atoms with Gasteiger partial charge in [-0.05, 0) is 36.4 Å². The number of rotatable bonds is 2. The van der Waals surface area contributed by atoms with E-state index in [0.717, 1.165) is 22.3 Å². The maximum atomic E-state index is 9.45. The summed E-state index contributed by atoms with van der Waals surface area (Å²) < 4.78 is 3.61. The van der Waals surface area contributed by atoms with Gasteiger partial charge in [0.1, 0.15) is 12.1 Å². The summed E-state index contributed by atoms with van der Waals surface area (Å²) in [7, 11) is 0. The van der Waals surface area contributed by atoms with E-state index in [2.05, 4.69) is 20.3 Å². The minimum atomic E-state index is 0.210. The standard InChI is InChI=1S/C18H12N6O/c25-14-8-6-12(7-9-14)16-21-22-18-15-10-20-24(13-4-2-1-3-5-13)17(15)19-11-23(16)18/h1-11,25H. The van der Waals surface area contributed by atoms with Crippen LogP contribution in [0.5, 0.6) is 5.75 Å². The number of phenols is 1. The van der Waals surface area contributed by atoms with Crippen LogP contribution in [-0.4, -0.2) is 34.5 Å². The first-order valence-corrected chi connectivity index (χ1v) is 7.73. The summed E-state index contributed by atoms with van der Waals surface area (Å²) in [5.74, 6) is 0.874. The highest BCUT2D eigenvalue weighted by Gasteiger charge is 2.15. The van der Waals surface area contributed by atoms with Gasteiger partial charge in [-0.3, -0.25) is 4.40 Å². The number of para-hydroxylation sites is 1. The molecule has 7 nitrogen and oxygen atoms in total. The number of hydrogen-bond acceptors (Lipinski definition) is 5. The summed E-state index contributed by atoms with van der Waals surface area (Å²) in [5.41, 5.74) is 3.20. The molecular weight excluding hydrogens is 316 g/mol. The zero-order valence-electron chi connectivity index (χ0n) is 13.0. The molecule has 3 heterocycles. The van der Waals surface area contributed by atoms with Gasteiger partial charge in [-0.15, -0.1) is 10.2 Å². The normalized spacial score (nSPS) is 11.4. The molecule has 0 radical (unpaired) electrons. The maximum Gasteiger partial charge on any atom is 0.175 e. The molecule has 0 aliphatic heterocycles. The zero-order valence-corrected chi connectivity index (χ0v) is 13.0. The summed E-state index contributed by atoms with van der Waals surface area (Å²) in [6.45, 7) is 0. The van der Waals surface area contributed by atoms with Gasteiger partial charge in [0.15, 0.2) is 17.1 Å². The first-order chi connectivity index (χ1) is 12.3. The Bertz CT molecular complexity index is 1190. The van der Waals surface area contributed by atoms with Crippen molar-refractivity contribution in [2.45, 2.75) is 0 Å². The molecule has 0 amide bonds. The highest BCUT2D eigenvalue weighted by molar-refractivity contribution is 5.90. The lowest BCUT2D eigenvalue weighted by Crippen LogP contribution is -1.98. The van der Waals surface area contributed by atoms with Crippen molar-refractivity contribution in [1.82, 2.24) is 29.4 Å². The fraction of sp³-hybridized carbons (Fsp3) is 0. The second-order valence-electron chi connectivity index (χ2n) is 5.64. The largest absolute Gasteiger partial charge is 0.508 e. The minimum absolute atomic E-state index is 0.210. The molecule has 25 heavy (non-hydrogen) atoms. The molecule has 0 unspecified atom stereocenters. The van der Waals surface area contributed by atoms with E-state index in [9.17, 15) is 5.11 Å². The van der Waals surface area contributed by atoms with Gasteiger partial charge in [-0.25, -0.2) is 9.67 Å². The highest BCUT2D eigenvalue weighted by atomic mass is 16.3. The molecule has 0 spiro atoms. The lowest BCUT2D eigenvalue weighted by molar-refractivity contribution is 0.475. The second kappa shape index (κ2) is 5.13. The molecule has 120 valence electrons. The summed E-state index contributed by atoms with van der Waals surface area (Å²) >= 11 is 0. The minimum Gasteiger partial charge on any atom is -0.508 e. The van der Waals surface area contributed by atoms with Crippen molar-refractivity contribution >= 4 is 16.7 Å². The van der Waals surface area contributed by atoms with Crippen molar-refractivity contribution in [3.63, 3.8) is 0 Å². The quantitative estimate of drug-likeness (QED) is 0.539. The van der Waals surface area contributed by atoms with E-state index >= 15 is 0 Å². The molecule has 0 fully saturated rings. The van der Waals surface area contributed by atoms with Crippen LogP contribution in [0.4, 0.5) is 0 Å². The van der Waals surface area contributed by atoms with E-state index in [1.165, 1.54) is 0 Å². The Hall–Kier alpha value is -3.74. The Morgan fingerprint density at radius 3 is 2.44 bits per heavy atom. The van der Waals surface area contributed by atoms with Crippen LogP contribution in [0.15, 0.2) is 67.1 Å². The Balaban J connectivity index is 1.73. The number of hydrogen-bond donors (Lipinski definition) is 1. The second-order valence-corrected chi connectivity index (χ2v) is 5.64. The van der Waals surface area contributed by atoms with E-state index in [4.69, 9.17) is 0 Å². The van der Waals surface area contributed by atoms with Gasteiger partial charge in [0.25, 0.3) is 0 Å². The van der Waals surface area contributed by atoms with Gasteiger partial charge in [0.05, 0.1) is 17.3 Å². The van der Waals surface area contributed by atoms with Crippen molar-refractivity contribution in [3.8, 4) is 22.8 Å². The van der Waals surface area contributed by atoms with E-state index in [0.29, 0.717) is 11.5 Å². The summed E-state index contributed by atoms with van der Waals surface area (Å²) in [5, 5.41) is 23.3. The van der Waals surface area contributed by atoms with Gasteiger partial charge >= 0.3 is 0 Å². The molecule has 0 bridgehead atoms. The molecule has 0 saturated heterocycles. The number of benzene rings is 2. The van der Waals surface area contributed by atoms with E-state index < -0.39 is 0 Å². The zero-order chi connectivity index (χ0) is 16.8. The summed E-state index contributed by atoms with van der Waals surface area (Å²) in [6.07, 6.45) is 3.45. The Morgan fingerprint density at radius 1 is 0.840 bits per heavy atom. The molecule has 0 aliphatic rings. The first-order valence-electron chi connectivity index (χ1n) is 7.73. The molecule has 2 aromatic carbocycles. The van der Waals surface area contributed by atoms with Crippen LogP contribution in [0.1, 0.15) is 0 Å². The maximum absolute atomic E-state index is 9.45. The predicted octanol–water partition coefficient (Wildman–Crippen LogP) is 2.84. The fourth-order valence-corrected chi connectivity index (χ4v) is 2.89. The summed E-state index contributed by atoms with van der Waals surface area (Å²) in [4.78, 5) is 4.56. The number of aromatic hydroxyl groups is 1. The van der Waals surface area contributed by atoms with Gasteiger partial charge in [0.2, 0.25) is 0 Å². The third-order valence-corrected chi connectivity index (χ3v) is 4.10. The number of nitrogens with zero attached hydrogens (tertiary/aromatic N) is 6. The molecule has 3 aromatic heterocycles. The van der Waals surface area contributed by atoms with Crippen LogP contribution < -0.4 is 0 Å². The lowest BCUT2D eigenvalue weighted by atomic mass is 10.2. The Labute approximate surface area is 141 Å². The van der Waals surface area contributed by atoms with Crippen molar-refractivity contribution in [1.29, 1.82) is 0 Å². The molecule has 5 rings (SSSR count). The van der Waals surface area contributed by atoms with Crippen molar-refractivity contribution in [2.24, 2.45) is 0 Å². The van der Waals surface area contributed by atoms with Crippen LogP contribution in [0, 0.1) is 0 Å². The van der Waals surface area contributed by atoms with E-state index in [-0.39, 0.29) is 5.75 Å². The Kier molecular flexibility index (Phi) is 2.81. The van der Waals surface area contributed by atoms with E-state index in [1.807, 2.05) is 34.7 Å². The van der Waals surface area contributed by atoms with Gasteiger partial charge in [0, 0.05) is 5.56 Å². The third-order valence-electron chi connectivity index (χ3n) is 4.10. The molecule has 0 aliphatic carbocycles. The van der Waals surface area contributed by atoms with Gasteiger partial charge in [-0.2, -0.15) is 5.10 Å². The van der Waals surface area contributed by atoms with Crippen LogP contribution in [0.25, 0.3) is 33.8 Å². The van der Waals surface area contributed by atoms with Crippen molar-refractivity contribution in [3.05, 3.63) is 67.1 Å². The lowest BCUT2D eigenvalue weighted by Gasteiger charge is -2.03. The summed E-state index contributed by atoms with van der Waals surface area (Å²) in [6, 6.07) is 16.7. The highest BCUT2D eigenvalue weighted by Crippen LogP contribution is 2.24. The van der Waals surface area contributed by atoms with Crippen LogP contribution in [0.2, 0.25) is 0 Å².